The van der Waals surface area contributed by atoms with E-state index in [0.717, 1.165) is 0 Å². The van der Waals surface area contributed by atoms with Crippen LogP contribution in [0.15, 0.2) is 18.2 Å². The van der Waals surface area contributed by atoms with Crippen molar-refractivity contribution in [3.05, 3.63) is 29.6 Å². The van der Waals surface area contributed by atoms with Crippen LogP contribution >= 0.6 is 0 Å². The highest BCUT2D eigenvalue weighted by atomic mass is 19.1. The van der Waals surface area contributed by atoms with E-state index in [1.54, 1.807) is 0 Å². The molecule has 1 aromatic rings. The molecule has 0 aromatic heterocycles. The highest BCUT2D eigenvalue weighted by Crippen LogP contribution is 2.21. The summed E-state index contributed by atoms with van der Waals surface area (Å²) in [6.45, 7) is 8.04. The summed E-state index contributed by atoms with van der Waals surface area (Å²) in [5, 5.41) is 11.5. The van der Waals surface area contributed by atoms with Crippen molar-refractivity contribution in [2.75, 3.05) is 25.0 Å². The van der Waals surface area contributed by atoms with Gasteiger partial charge in [0.15, 0.2) is 0 Å². The first-order chi connectivity index (χ1) is 10.6. The summed E-state index contributed by atoms with van der Waals surface area (Å²) in [4.78, 5) is 25.3. The summed E-state index contributed by atoms with van der Waals surface area (Å²) in [6.07, 6.45) is 0.425. The highest BCUT2D eigenvalue weighted by Gasteiger charge is 2.24. The van der Waals surface area contributed by atoms with Crippen LogP contribution in [0.3, 0.4) is 0 Å². The molecule has 5 nitrogen and oxygen atoms in total. The van der Waals surface area contributed by atoms with Gasteiger partial charge in [-0.15, -0.1) is 0 Å². The second-order valence-electron chi connectivity index (χ2n) is 6.74. The maximum atomic E-state index is 14.1. The fourth-order valence-electron chi connectivity index (χ4n) is 2.23. The van der Waals surface area contributed by atoms with E-state index >= 15 is 0 Å². The molecule has 0 aliphatic heterocycles. The van der Waals surface area contributed by atoms with Crippen LogP contribution in [0, 0.1) is 11.2 Å². The molecule has 128 valence electrons. The minimum absolute atomic E-state index is 0.0393. The molecular formula is C17H25FN2O3. The Morgan fingerprint density at radius 2 is 1.96 bits per heavy atom. The Balaban J connectivity index is 3.08. The maximum Gasteiger partial charge on any atom is 0.256 e. The number of aliphatic hydroxyl groups is 1. The fourth-order valence-corrected chi connectivity index (χ4v) is 2.23. The topological polar surface area (TPSA) is 69.6 Å². The largest absolute Gasteiger partial charge is 0.396 e. The Bertz CT molecular complexity index is 567. The Morgan fingerprint density at radius 3 is 2.48 bits per heavy atom. The van der Waals surface area contributed by atoms with Crippen LogP contribution in [0.2, 0.25) is 0 Å². The summed E-state index contributed by atoms with van der Waals surface area (Å²) in [6, 6.07) is 3.92. The number of hydrogen-bond acceptors (Lipinski definition) is 3. The molecule has 0 bridgehead atoms. The van der Waals surface area contributed by atoms with Crippen molar-refractivity contribution in [3.63, 3.8) is 0 Å². The van der Waals surface area contributed by atoms with Gasteiger partial charge in [0.25, 0.3) is 5.91 Å². The fraction of sp³-hybridized carbons (Fsp3) is 0.529. The first-order valence-corrected chi connectivity index (χ1v) is 7.61. The van der Waals surface area contributed by atoms with E-state index in [9.17, 15) is 14.0 Å². The molecular weight excluding hydrogens is 299 g/mol. The van der Waals surface area contributed by atoms with Gasteiger partial charge in [0.05, 0.1) is 5.56 Å². The number of nitrogens with zero attached hydrogens (tertiary/aromatic N) is 1. The van der Waals surface area contributed by atoms with Crippen molar-refractivity contribution in [1.82, 2.24) is 4.90 Å². The van der Waals surface area contributed by atoms with Gasteiger partial charge in [-0.05, 0) is 30.0 Å². The van der Waals surface area contributed by atoms with Crippen molar-refractivity contribution in [2.45, 2.75) is 34.1 Å². The number of aliphatic hydroxyl groups excluding tert-OH is 1. The number of nitrogens with one attached hydrogen (secondary N) is 1. The molecule has 1 aromatic carbocycles. The molecule has 23 heavy (non-hydrogen) atoms. The lowest BCUT2D eigenvalue weighted by atomic mass is 9.95. The van der Waals surface area contributed by atoms with Crippen LogP contribution in [-0.4, -0.2) is 41.5 Å². The number of halogens is 1. The quantitative estimate of drug-likeness (QED) is 0.845. The van der Waals surface area contributed by atoms with E-state index in [0.29, 0.717) is 25.2 Å². The number of rotatable bonds is 6. The monoisotopic (exact) mass is 324 g/mol. The molecule has 0 unspecified atom stereocenters. The van der Waals surface area contributed by atoms with E-state index in [2.05, 4.69) is 5.32 Å². The molecule has 6 heteroatoms. The van der Waals surface area contributed by atoms with Gasteiger partial charge in [0.2, 0.25) is 5.91 Å². The van der Waals surface area contributed by atoms with Crippen molar-refractivity contribution in [2.24, 2.45) is 5.41 Å². The molecule has 0 spiro atoms. The lowest BCUT2D eigenvalue weighted by Crippen LogP contribution is -2.39. The zero-order valence-corrected chi connectivity index (χ0v) is 14.1. The van der Waals surface area contributed by atoms with Gasteiger partial charge in [-0.3, -0.25) is 9.59 Å². The van der Waals surface area contributed by atoms with Gasteiger partial charge in [-0.2, -0.15) is 0 Å². The van der Waals surface area contributed by atoms with Crippen LogP contribution < -0.4 is 5.32 Å². The van der Waals surface area contributed by atoms with Gasteiger partial charge in [-0.25, -0.2) is 4.39 Å². The average Bonchev–Trinajstić information content (AvgIpc) is 2.43. The standard InChI is InChI=1S/C17H25FN2O3/c1-12(22)19-13-6-7-15(18)14(10-13)16(23)20(8-5-9-21)11-17(2,3)4/h6-7,10,21H,5,8-9,11H2,1-4H3,(H,19,22). The van der Waals surface area contributed by atoms with Crippen LogP contribution in [0.5, 0.6) is 0 Å². The molecule has 0 fully saturated rings. The van der Waals surface area contributed by atoms with Gasteiger partial charge in [-0.1, -0.05) is 20.8 Å². The van der Waals surface area contributed by atoms with Crippen LogP contribution in [0.4, 0.5) is 10.1 Å². The first-order valence-electron chi connectivity index (χ1n) is 7.61. The number of amides is 2. The van der Waals surface area contributed by atoms with Crippen LogP contribution in [0.25, 0.3) is 0 Å². The highest BCUT2D eigenvalue weighted by molar-refractivity contribution is 5.97. The number of anilines is 1. The third-order valence-electron chi connectivity index (χ3n) is 3.06. The third-order valence-corrected chi connectivity index (χ3v) is 3.06. The average molecular weight is 324 g/mol. The summed E-state index contributed by atoms with van der Waals surface area (Å²) < 4.78 is 14.1. The number of carbonyl (C=O) groups excluding carboxylic acids is 2. The predicted molar refractivity (Wildman–Crippen MR) is 87.8 cm³/mol. The van der Waals surface area contributed by atoms with Crippen LogP contribution in [-0.2, 0) is 4.79 Å². The molecule has 1 rings (SSSR count). The molecule has 0 saturated heterocycles. The lowest BCUT2D eigenvalue weighted by molar-refractivity contribution is -0.114. The Morgan fingerprint density at radius 1 is 1.30 bits per heavy atom. The summed E-state index contributed by atoms with van der Waals surface area (Å²) >= 11 is 0. The summed E-state index contributed by atoms with van der Waals surface area (Å²) in [5.74, 6) is -1.37. The maximum absolute atomic E-state index is 14.1. The molecule has 0 saturated carbocycles. The number of carbonyl (C=O) groups is 2. The van der Waals surface area contributed by atoms with Gasteiger partial charge in [0, 0.05) is 32.3 Å². The number of benzene rings is 1. The van der Waals surface area contributed by atoms with Crippen molar-refractivity contribution < 1.29 is 19.1 Å². The van der Waals surface area contributed by atoms with Gasteiger partial charge < -0.3 is 15.3 Å². The van der Waals surface area contributed by atoms with E-state index in [1.807, 2.05) is 20.8 Å². The number of hydrogen-bond donors (Lipinski definition) is 2. The molecule has 0 heterocycles. The van der Waals surface area contributed by atoms with Crippen molar-refractivity contribution in [3.8, 4) is 0 Å². The smallest absolute Gasteiger partial charge is 0.256 e. The molecule has 0 aliphatic carbocycles. The summed E-state index contributed by atoms with van der Waals surface area (Å²) in [5.41, 5.74) is 0.134. The van der Waals surface area contributed by atoms with Crippen molar-refractivity contribution in [1.29, 1.82) is 0 Å². The minimum Gasteiger partial charge on any atom is -0.396 e. The Kier molecular flexibility index (Phi) is 6.69. The Labute approximate surface area is 136 Å². The van der Waals surface area contributed by atoms with E-state index in [4.69, 9.17) is 5.11 Å². The molecule has 0 atom stereocenters. The normalized spacial score (nSPS) is 11.2. The predicted octanol–water partition coefficient (Wildman–Crippen LogP) is 2.65. The lowest BCUT2D eigenvalue weighted by Gasteiger charge is -2.30. The molecule has 0 aliphatic rings. The molecule has 2 N–H and O–H groups in total. The second-order valence-corrected chi connectivity index (χ2v) is 6.74. The SMILES string of the molecule is CC(=O)Nc1ccc(F)c(C(=O)N(CCCO)CC(C)(C)C)c1. The zero-order valence-electron chi connectivity index (χ0n) is 14.1. The second kappa shape index (κ2) is 8.06. The van der Waals surface area contributed by atoms with Gasteiger partial charge >= 0.3 is 0 Å². The summed E-state index contributed by atoms with van der Waals surface area (Å²) in [7, 11) is 0. The molecule has 0 radical (unpaired) electrons. The van der Waals surface area contributed by atoms with E-state index < -0.39 is 11.7 Å². The minimum atomic E-state index is -0.632. The third kappa shape index (κ3) is 6.36. The van der Waals surface area contributed by atoms with E-state index in [1.165, 1.54) is 30.0 Å². The van der Waals surface area contributed by atoms with E-state index in [-0.39, 0.29) is 23.5 Å². The van der Waals surface area contributed by atoms with Crippen molar-refractivity contribution >= 4 is 17.5 Å². The van der Waals surface area contributed by atoms with Gasteiger partial charge in [0.1, 0.15) is 5.82 Å². The first kappa shape index (κ1) is 19.1. The zero-order chi connectivity index (χ0) is 17.6. The van der Waals surface area contributed by atoms with Crippen LogP contribution in [0.1, 0.15) is 44.5 Å². The Hall–Kier alpha value is -1.95. The molecule has 2 amide bonds.